The Morgan fingerprint density at radius 2 is 2.30 bits per heavy atom. The second-order valence-corrected chi connectivity index (χ2v) is 6.18. The number of hydrogen-bond donors (Lipinski definition) is 0. The molecule has 0 N–H and O–H groups in total. The number of benzene rings is 1. The lowest BCUT2D eigenvalue weighted by Gasteiger charge is -2.17. The first-order valence-corrected chi connectivity index (χ1v) is 7.89. The molecule has 3 nitrogen and oxygen atoms in total. The van der Waals surface area contributed by atoms with Gasteiger partial charge in [-0.3, -0.25) is 4.99 Å². The predicted molar refractivity (Wildman–Crippen MR) is 84.6 cm³/mol. The predicted octanol–water partition coefficient (Wildman–Crippen LogP) is 4.32. The summed E-state index contributed by atoms with van der Waals surface area (Å²) < 4.78 is 5.55. The van der Waals surface area contributed by atoms with E-state index in [1.54, 1.807) is 6.26 Å². The summed E-state index contributed by atoms with van der Waals surface area (Å²) in [6, 6.07) is 8.50. The van der Waals surface area contributed by atoms with Crippen molar-refractivity contribution in [1.82, 2.24) is 4.90 Å². The van der Waals surface area contributed by atoms with E-state index in [2.05, 4.69) is 35.0 Å². The average Bonchev–Trinajstić information content (AvgIpc) is 3.12. The fourth-order valence-corrected chi connectivity index (χ4v) is 4.15. The van der Waals surface area contributed by atoms with Crippen molar-refractivity contribution >= 4 is 33.6 Å². The summed E-state index contributed by atoms with van der Waals surface area (Å²) in [5, 5.41) is 2.33. The minimum Gasteiger partial charge on any atom is -0.464 e. The van der Waals surface area contributed by atoms with Gasteiger partial charge in [0.25, 0.3) is 0 Å². The molecule has 4 heteroatoms. The summed E-state index contributed by atoms with van der Waals surface area (Å²) in [4.78, 5) is 8.40. The van der Waals surface area contributed by atoms with Crippen LogP contribution in [-0.2, 0) is 0 Å². The maximum Gasteiger partial charge on any atom is 0.168 e. The molecule has 1 aromatic heterocycles. The van der Waals surface area contributed by atoms with Gasteiger partial charge in [-0.05, 0) is 18.6 Å². The number of fused-ring (bicyclic) bond motifs is 2. The zero-order valence-corrected chi connectivity index (χ0v) is 12.2. The van der Waals surface area contributed by atoms with Gasteiger partial charge < -0.3 is 9.32 Å². The third kappa shape index (κ3) is 1.79. The fraction of sp³-hybridized carbons (Fsp3) is 0.312. The van der Waals surface area contributed by atoms with E-state index in [1.165, 1.54) is 21.3 Å². The summed E-state index contributed by atoms with van der Waals surface area (Å²) in [5.41, 5.74) is 3.54. The highest BCUT2D eigenvalue weighted by Crippen LogP contribution is 2.44. The van der Waals surface area contributed by atoms with Gasteiger partial charge in [-0.25, -0.2) is 0 Å². The lowest BCUT2D eigenvalue weighted by atomic mass is 10.1. The van der Waals surface area contributed by atoms with Crippen LogP contribution >= 0.6 is 11.8 Å². The Labute approximate surface area is 122 Å². The Morgan fingerprint density at radius 3 is 3.20 bits per heavy atom. The third-order valence-corrected chi connectivity index (χ3v) is 4.93. The lowest BCUT2D eigenvalue weighted by Crippen LogP contribution is -2.19. The quantitative estimate of drug-likeness (QED) is 0.840. The third-order valence-electron chi connectivity index (χ3n) is 3.76. The van der Waals surface area contributed by atoms with E-state index in [9.17, 15) is 0 Å². The number of allylic oxidation sites excluding steroid dienone is 1. The molecule has 0 saturated carbocycles. The minimum atomic E-state index is 0.911. The molecule has 0 saturated heterocycles. The van der Waals surface area contributed by atoms with Crippen LogP contribution in [0.3, 0.4) is 0 Å². The maximum absolute atomic E-state index is 5.55. The molecule has 0 spiro atoms. The van der Waals surface area contributed by atoms with Crippen molar-refractivity contribution in [2.24, 2.45) is 4.99 Å². The van der Waals surface area contributed by atoms with Crippen LogP contribution in [0, 0.1) is 0 Å². The Kier molecular flexibility index (Phi) is 2.84. The van der Waals surface area contributed by atoms with E-state index >= 15 is 0 Å². The first-order chi connectivity index (χ1) is 9.86. The van der Waals surface area contributed by atoms with Crippen LogP contribution in [0.4, 0.5) is 0 Å². The fourth-order valence-electron chi connectivity index (χ4n) is 2.85. The molecule has 1 aromatic carbocycles. The van der Waals surface area contributed by atoms with Crippen LogP contribution in [-0.4, -0.2) is 23.2 Å². The molecule has 0 aliphatic carbocycles. The van der Waals surface area contributed by atoms with Gasteiger partial charge in [-0.15, -0.1) is 0 Å². The highest BCUT2D eigenvalue weighted by atomic mass is 32.2. The van der Waals surface area contributed by atoms with Gasteiger partial charge in [0.1, 0.15) is 5.58 Å². The number of thioether (sulfide) groups is 1. The first kappa shape index (κ1) is 12.1. The van der Waals surface area contributed by atoms with Gasteiger partial charge >= 0.3 is 0 Å². The molecule has 0 fully saturated rings. The first-order valence-electron chi connectivity index (χ1n) is 7.07. The van der Waals surface area contributed by atoms with Crippen LogP contribution < -0.4 is 0 Å². The average molecular weight is 284 g/mol. The monoisotopic (exact) mass is 284 g/mol. The van der Waals surface area contributed by atoms with Crippen molar-refractivity contribution < 1.29 is 4.42 Å². The summed E-state index contributed by atoms with van der Waals surface area (Å²) in [6.45, 7) is 4.14. The summed E-state index contributed by atoms with van der Waals surface area (Å²) in [5.74, 6) is 0. The van der Waals surface area contributed by atoms with E-state index in [4.69, 9.17) is 4.42 Å². The molecule has 0 amide bonds. The molecular weight excluding hydrogens is 268 g/mol. The van der Waals surface area contributed by atoms with Crippen LogP contribution in [0.2, 0.25) is 0 Å². The van der Waals surface area contributed by atoms with Crippen molar-refractivity contribution in [1.29, 1.82) is 0 Å². The summed E-state index contributed by atoms with van der Waals surface area (Å²) >= 11 is 1.84. The van der Waals surface area contributed by atoms with Crippen molar-refractivity contribution in [3.05, 3.63) is 41.0 Å². The van der Waals surface area contributed by atoms with Gasteiger partial charge in [0.05, 0.1) is 18.5 Å². The van der Waals surface area contributed by atoms with Crippen molar-refractivity contribution in [3.63, 3.8) is 0 Å². The smallest absolute Gasteiger partial charge is 0.168 e. The highest BCUT2D eigenvalue weighted by Gasteiger charge is 2.32. The minimum absolute atomic E-state index is 0.911. The van der Waals surface area contributed by atoms with E-state index in [0.29, 0.717) is 0 Å². The number of hydrogen-bond acceptors (Lipinski definition) is 4. The van der Waals surface area contributed by atoms with Crippen LogP contribution in [0.1, 0.15) is 25.3 Å². The Hall–Kier alpha value is -1.68. The Morgan fingerprint density at radius 1 is 1.35 bits per heavy atom. The number of nitrogens with zero attached hydrogens (tertiary/aromatic N) is 2. The lowest BCUT2D eigenvalue weighted by molar-refractivity contribution is 0.614. The van der Waals surface area contributed by atoms with Crippen LogP contribution in [0.25, 0.3) is 16.7 Å². The number of furan rings is 1. The normalized spacial score (nSPS) is 18.1. The molecule has 102 valence electrons. The van der Waals surface area contributed by atoms with Crippen molar-refractivity contribution in [2.75, 3.05) is 13.1 Å². The molecule has 3 heterocycles. The zero-order valence-electron chi connectivity index (χ0n) is 11.4. The van der Waals surface area contributed by atoms with Gasteiger partial charge in [0.15, 0.2) is 5.17 Å². The Balaban J connectivity index is 1.83. The largest absolute Gasteiger partial charge is 0.464 e. The van der Waals surface area contributed by atoms with Crippen LogP contribution in [0.15, 0.2) is 44.8 Å². The van der Waals surface area contributed by atoms with Gasteiger partial charge in [0.2, 0.25) is 0 Å². The Bertz CT molecular complexity index is 729. The topological polar surface area (TPSA) is 28.7 Å². The molecule has 0 bridgehead atoms. The van der Waals surface area contributed by atoms with Crippen LogP contribution in [0.5, 0.6) is 0 Å². The van der Waals surface area contributed by atoms with Crippen molar-refractivity contribution in [3.8, 4) is 0 Å². The summed E-state index contributed by atoms with van der Waals surface area (Å²) in [7, 11) is 0. The second-order valence-electron chi connectivity index (χ2n) is 5.11. The van der Waals surface area contributed by atoms with E-state index in [1.807, 2.05) is 17.8 Å². The highest BCUT2D eigenvalue weighted by molar-refractivity contribution is 8.17. The van der Waals surface area contributed by atoms with E-state index < -0.39 is 0 Å². The number of amidine groups is 1. The van der Waals surface area contributed by atoms with Gasteiger partial charge in [0, 0.05) is 22.4 Å². The number of rotatable bonds is 3. The molecule has 2 aliphatic rings. The van der Waals surface area contributed by atoms with E-state index in [-0.39, 0.29) is 0 Å². The molecule has 2 aliphatic heterocycles. The second kappa shape index (κ2) is 4.70. The van der Waals surface area contributed by atoms with Crippen molar-refractivity contribution in [2.45, 2.75) is 19.8 Å². The molecule has 20 heavy (non-hydrogen) atoms. The molecule has 0 atom stereocenters. The molecule has 0 radical (unpaired) electrons. The maximum atomic E-state index is 5.55. The molecular formula is C16H16N2OS. The molecule has 0 unspecified atom stereocenters. The van der Waals surface area contributed by atoms with E-state index in [0.717, 1.165) is 36.9 Å². The van der Waals surface area contributed by atoms with Gasteiger partial charge in [-0.2, -0.15) is 0 Å². The SMILES string of the molecule is CCCC1=C(c2ccc3ccoc3c2)N2CCN=C2S1. The zero-order chi connectivity index (χ0) is 13.5. The molecule has 4 rings (SSSR count). The summed E-state index contributed by atoms with van der Waals surface area (Å²) in [6.07, 6.45) is 4.03. The molecule has 2 aromatic rings. The van der Waals surface area contributed by atoms with Gasteiger partial charge in [-0.1, -0.05) is 37.2 Å². The standard InChI is InChI=1S/C16H16N2OS/c1-2-3-14-15(18-8-7-17-16(18)20-14)12-5-4-11-6-9-19-13(11)10-12/h4-6,9-10H,2-3,7-8H2,1H3. The number of aliphatic imine (C=N–C) groups is 1.